The van der Waals surface area contributed by atoms with Crippen molar-refractivity contribution < 1.29 is 14.3 Å². The van der Waals surface area contributed by atoms with Crippen molar-refractivity contribution in [3.63, 3.8) is 0 Å². The number of rotatable bonds is 3. The Hall–Kier alpha value is -1.36. The first-order valence-corrected chi connectivity index (χ1v) is 5.45. The van der Waals surface area contributed by atoms with E-state index in [0.29, 0.717) is 5.69 Å². The third-order valence-corrected chi connectivity index (χ3v) is 2.84. The Bertz CT molecular complexity index is 418. The van der Waals surface area contributed by atoms with Gasteiger partial charge in [-0.2, -0.15) is 0 Å². The first-order valence-electron chi connectivity index (χ1n) is 4.65. The van der Waals surface area contributed by atoms with Crippen LogP contribution < -0.4 is 5.32 Å². The summed E-state index contributed by atoms with van der Waals surface area (Å²) >= 11 is 3.36. The van der Waals surface area contributed by atoms with Crippen molar-refractivity contribution in [1.29, 1.82) is 0 Å². The van der Waals surface area contributed by atoms with Gasteiger partial charge in [0.2, 0.25) is 5.91 Å². The summed E-state index contributed by atoms with van der Waals surface area (Å²) in [6.45, 7) is 1.95. The minimum Gasteiger partial charge on any atom is -0.469 e. The van der Waals surface area contributed by atoms with E-state index < -0.39 is 5.97 Å². The zero-order valence-corrected chi connectivity index (χ0v) is 10.6. The number of methoxy groups -OCH3 is 1. The summed E-state index contributed by atoms with van der Waals surface area (Å²) in [5.41, 5.74) is 1.72. The molecule has 0 fully saturated rings. The standard InChI is InChI=1S/C11H12BrNO3/c1-7-3-4-8(5-9(7)12)13-10(14)6-11(15)16-2/h3-5H,6H2,1-2H3,(H,13,14). The van der Waals surface area contributed by atoms with Gasteiger partial charge >= 0.3 is 5.97 Å². The summed E-state index contributed by atoms with van der Waals surface area (Å²) in [6.07, 6.45) is -0.276. The van der Waals surface area contributed by atoms with Crippen molar-refractivity contribution >= 4 is 33.5 Å². The van der Waals surface area contributed by atoms with E-state index in [1.54, 1.807) is 12.1 Å². The van der Waals surface area contributed by atoms with E-state index in [4.69, 9.17) is 0 Å². The summed E-state index contributed by atoms with van der Waals surface area (Å²) in [5.74, 6) is -0.939. The lowest BCUT2D eigenvalue weighted by Gasteiger charge is -2.06. The lowest BCUT2D eigenvalue weighted by molar-refractivity contribution is -0.142. The molecule has 5 heteroatoms. The summed E-state index contributed by atoms with van der Waals surface area (Å²) in [7, 11) is 1.25. The summed E-state index contributed by atoms with van der Waals surface area (Å²) < 4.78 is 5.30. The molecule has 0 radical (unpaired) electrons. The molecule has 16 heavy (non-hydrogen) atoms. The van der Waals surface area contributed by atoms with Gasteiger partial charge in [-0.25, -0.2) is 0 Å². The number of nitrogens with one attached hydrogen (secondary N) is 1. The highest BCUT2D eigenvalue weighted by molar-refractivity contribution is 9.10. The van der Waals surface area contributed by atoms with E-state index in [-0.39, 0.29) is 12.3 Å². The van der Waals surface area contributed by atoms with E-state index in [0.717, 1.165) is 10.0 Å². The van der Waals surface area contributed by atoms with Crippen LogP contribution in [0, 0.1) is 6.92 Å². The molecule has 0 heterocycles. The number of amides is 1. The van der Waals surface area contributed by atoms with Crippen molar-refractivity contribution in [2.75, 3.05) is 12.4 Å². The largest absolute Gasteiger partial charge is 0.469 e. The molecule has 0 aliphatic carbocycles. The van der Waals surface area contributed by atoms with Crippen molar-refractivity contribution in [2.24, 2.45) is 0 Å². The van der Waals surface area contributed by atoms with Gasteiger partial charge in [0.15, 0.2) is 0 Å². The predicted molar refractivity (Wildman–Crippen MR) is 64.1 cm³/mol. The van der Waals surface area contributed by atoms with Crippen LogP contribution in [0.1, 0.15) is 12.0 Å². The van der Waals surface area contributed by atoms with E-state index in [1.165, 1.54) is 7.11 Å². The number of carbonyl (C=O) groups excluding carboxylic acids is 2. The van der Waals surface area contributed by atoms with Gasteiger partial charge in [0, 0.05) is 10.2 Å². The van der Waals surface area contributed by atoms with Crippen LogP contribution in [0.4, 0.5) is 5.69 Å². The van der Waals surface area contributed by atoms with Gasteiger partial charge in [-0.15, -0.1) is 0 Å². The molecule has 1 rings (SSSR count). The van der Waals surface area contributed by atoms with Crippen LogP contribution in [-0.4, -0.2) is 19.0 Å². The van der Waals surface area contributed by atoms with Gasteiger partial charge in [0.1, 0.15) is 6.42 Å². The van der Waals surface area contributed by atoms with Gasteiger partial charge < -0.3 is 10.1 Å². The molecule has 0 aliphatic heterocycles. The highest BCUT2D eigenvalue weighted by Crippen LogP contribution is 2.20. The quantitative estimate of drug-likeness (QED) is 0.685. The molecule has 0 spiro atoms. The van der Waals surface area contributed by atoms with Crippen LogP contribution in [0.2, 0.25) is 0 Å². The molecule has 4 nitrogen and oxygen atoms in total. The Balaban J connectivity index is 2.63. The van der Waals surface area contributed by atoms with Crippen LogP contribution in [-0.2, 0) is 14.3 Å². The molecular formula is C11H12BrNO3. The Kier molecular flexibility index (Phi) is 4.49. The highest BCUT2D eigenvalue weighted by atomic mass is 79.9. The smallest absolute Gasteiger partial charge is 0.315 e. The number of aryl methyl sites for hydroxylation is 1. The second-order valence-corrected chi connectivity index (χ2v) is 4.12. The van der Waals surface area contributed by atoms with Gasteiger partial charge in [-0.05, 0) is 24.6 Å². The Morgan fingerprint density at radius 2 is 2.12 bits per heavy atom. The molecule has 1 aromatic carbocycles. The number of benzene rings is 1. The minimum atomic E-state index is -0.552. The molecule has 86 valence electrons. The molecule has 0 aromatic heterocycles. The molecule has 0 atom stereocenters. The zero-order chi connectivity index (χ0) is 12.1. The van der Waals surface area contributed by atoms with Crippen LogP contribution >= 0.6 is 15.9 Å². The molecule has 0 aliphatic rings. The fraction of sp³-hybridized carbons (Fsp3) is 0.273. The molecule has 1 amide bonds. The highest BCUT2D eigenvalue weighted by Gasteiger charge is 2.09. The average molecular weight is 286 g/mol. The van der Waals surface area contributed by atoms with E-state index >= 15 is 0 Å². The van der Waals surface area contributed by atoms with E-state index in [9.17, 15) is 9.59 Å². The van der Waals surface area contributed by atoms with Crippen molar-refractivity contribution in [3.8, 4) is 0 Å². The second-order valence-electron chi connectivity index (χ2n) is 3.27. The molecule has 0 saturated heterocycles. The maximum absolute atomic E-state index is 11.4. The molecule has 0 bridgehead atoms. The molecule has 1 N–H and O–H groups in total. The number of ether oxygens (including phenoxy) is 1. The van der Waals surface area contributed by atoms with Gasteiger partial charge in [-0.3, -0.25) is 9.59 Å². The van der Waals surface area contributed by atoms with Gasteiger partial charge in [0.25, 0.3) is 0 Å². The first-order chi connectivity index (χ1) is 7.52. The van der Waals surface area contributed by atoms with Gasteiger partial charge in [0.05, 0.1) is 7.11 Å². The predicted octanol–water partition coefficient (Wildman–Crippen LogP) is 2.26. The van der Waals surface area contributed by atoms with Crippen LogP contribution in [0.15, 0.2) is 22.7 Å². The van der Waals surface area contributed by atoms with E-state index in [2.05, 4.69) is 26.0 Å². The number of anilines is 1. The monoisotopic (exact) mass is 285 g/mol. The lowest BCUT2D eigenvalue weighted by Crippen LogP contribution is -2.17. The van der Waals surface area contributed by atoms with Crippen LogP contribution in [0.5, 0.6) is 0 Å². The maximum Gasteiger partial charge on any atom is 0.315 e. The van der Waals surface area contributed by atoms with Crippen LogP contribution in [0.3, 0.4) is 0 Å². The Morgan fingerprint density at radius 3 is 2.69 bits per heavy atom. The fourth-order valence-electron chi connectivity index (χ4n) is 1.08. The number of hydrogen-bond acceptors (Lipinski definition) is 3. The molecule has 1 aromatic rings. The average Bonchev–Trinajstić information content (AvgIpc) is 2.23. The molecule has 0 saturated carbocycles. The normalized spacial score (nSPS) is 9.69. The second kappa shape index (κ2) is 5.65. The van der Waals surface area contributed by atoms with Crippen LogP contribution in [0.25, 0.3) is 0 Å². The number of halogens is 1. The lowest BCUT2D eigenvalue weighted by atomic mass is 10.2. The molecule has 0 unspecified atom stereocenters. The number of hydrogen-bond donors (Lipinski definition) is 1. The minimum absolute atomic E-state index is 0.276. The summed E-state index contributed by atoms with van der Waals surface area (Å²) in [6, 6.07) is 5.43. The summed E-state index contributed by atoms with van der Waals surface area (Å²) in [5, 5.41) is 2.61. The maximum atomic E-state index is 11.4. The molecular weight excluding hydrogens is 274 g/mol. The number of esters is 1. The Labute approximate surface area is 102 Å². The third-order valence-electron chi connectivity index (χ3n) is 1.99. The summed E-state index contributed by atoms with van der Waals surface area (Å²) in [4.78, 5) is 22.2. The number of carbonyl (C=O) groups is 2. The van der Waals surface area contributed by atoms with E-state index in [1.807, 2.05) is 13.0 Å². The third kappa shape index (κ3) is 3.66. The fourth-order valence-corrected chi connectivity index (χ4v) is 1.46. The SMILES string of the molecule is COC(=O)CC(=O)Nc1ccc(C)c(Br)c1. The van der Waals surface area contributed by atoms with Crippen molar-refractivity contribution in [2.45, 2.75) is 13.3 Å². The topological polar surface area (TPSA) is 55.4 Å². The van der Waals surface area contributed by atoms with Gasteiger partial charge in [-0.1, -0.05) is 22.0 Å². The van der Waals surface area contributed by atoms with Crippen molar-refractivity contribution in [3.05, 3.63) is 28.2 Å². The Morgan fingerprint density at radius 1 is 1.44 bits per heavy atom. The first kappa shape index (κ1) is 12.7. The van der Waals surface area contributed by atoms with Crippen molar-refractivity contribution in [1.82, 2.24) is 0 Å². The zero-order valence-electron chi connectivity index (χ0n) is 9.04.